The molecule has 0 saturated heterocycles. The largest absolute Gasteiger partial charge is 0.0837 e. The second-order valence-electron chi connectivity index (χ2n) is 8.50. The molecule has 2 aliphatic rings. The molecular formula is C30H23Cl. The molecule has 1 atom stereocenters. The van der Waals surface area contributed by atoms with Crippen molar-refractivity contribution in [2.75, 3.05) is 0 Å². The second-order valence-corrected chi connectivity index (χ2v) is 8.91. The van der Waals surface area contributed by atoms with Gasteiger partial charge in [-0.05, 0) is 63.4 Å². The lowest BCUT2D eigenvalue weighted by molar-refractivity contribution is 0.895. The van der Waals surface area contributed by atoms with E-state index in [0.717, 1.165) is 23.4 Å². The molecule has 1 heteroatoms. The van der Waals surface area contributed by atoms with Crippen molar-refractivity contribution in [1.29, 1.82) is 0 Å². The third kappa shape index (κ3) is 2.82. The molecule has 6 rings (SSSR count). The number of hydrogen-bond donors (Lipinski definition) is 0. The van der Waals surface area contributed by atoms with Crippen molar-refractivity contribution in [3.63, 3.8) is 0 Å². The predicted octanol–water partition coefficient (Wildman–Crippen LogP) is 8.52. The summed E-state index contributed by atoms with van der Waals surface area (Å²) in [4.78, 5) is 0. The van der Waals surface area contributed by atoms with E-state index in [1.165, 1.54) is 50.1 Å². The summed E-state index contributed by atoms with van der Waals surface area (Å²) in [6.07, 6.45) is 4.48. The van der Waals surface area contributed by atoms with Crippen molar-refractivity contribution in [3.05, 3.63) is 123 Å². The molecule has 1 unspecified atom stereocenters. The molecule has 0 aliphatic heterocycles. The van der Waals surface area contributed by atoms with Gasteiger partial charge in [0.15, 0.2) is 0 Å². The normalized spacial score (nSPS) is 15.9. The Morgan fingerprint density at radius 3 is 2.19 bits per heavy atom. The van der Waals surface area contributed by atoms with Gasteiger partial charge in [-0.2, -0.15) is 0 Å². The first-order valence-electron chi connectivity index (χ1n) is 11.0. The first kappa shape index (κ1) is 18.7. The Labute approximate surface area is 188 Å². The number of halogens is 1. The fourth-order valence-electron chi connectivity index (χ4n) is 5.50. The Morgan fingerprint density at radius 1 is 0.710 bits per heavy atom. The number of hydrogen-bond acceptors (Lipinski definition) is 0. The third-order valence-electron chi connectivity index (χ3n) is 6.92. The summed E-state index contributed by atoms with van der Waals surface area (Å²) in [5.74, 6) is 0.312. The summed E-state index contributed by atoms with van der Waals surface area (Å²) in [6.45, 7) is 2.28. The summed E-state index contributed by atoms with van der Waals surface area (Å²) in [6, 6.07) is 30.6. The maximum absolute atomic E-state index is 6.59. The fourth-order valence-corrected chi connectivity index (χ4v) is 5.74. The van der Waals surface area contributed by atoms with Gasteiger partial charge in [0.1, 0.15) is 0 Å². The lowest BCUT2D eigenvalue weighted by atomic mass is 9.82. The van der Waals surface area contributed by atoms with Gasteiger partial charge in [-0.1, -0.05) is 109 Å². The highest BCUT2D eigenvalue weighted by atomic mass is 35.5. The van der Waals surface area contributed by atoms with E-state index < -0.39 is 0 Å². The number of benzene rings is 4. The van der Waals surface area contributed by atoms with Gasteiger partial charge in [0.2, 0.25) is 0 Å². The zero-order chi connectivity index (χ0) is 20.9. The average Bonchev–Trinajstić information content (AvgIpc) is 3.37. The first-order chi connectivity index (χ1) is 15.3. The predicted molar refractivity (Wildman–Crippen MR) is 132 cm³/mol. The van der Waals surface area contributed by atoms with Crippen LogP contribution in [0.3, 0.4) is 0 Å². The molecule has 0 heterocycles. The lowest BCUT2D eigenvalue weighted by Crippen LogP contribution is -2.05. The average molecular weight is 419 g/mol. The monoisotopic (exact) mass is 418 g/mol. The van der Waals surface area contributed by atoms with Crippen LogP contribution < -0.4 is 0 Å². The van der Waals surface area contributed by atoms with E-state index in [9.17, 15) is 0 Å². The van der Waals surface area contributed by atoms with Gasteiger partial charge in [0.05, 0.1) is 0 Å². The van der Waals surface area contributed by atoms with Gasteiger partial charge < -0.3 is 0 Å². The first-order valence-corrected chi connectivity index (χ1v) is 11.4. The van der Waals surface area contributed by atoms with E-state index >= 15 is 0 Å². The second kappa shape index (κ2) is 7.25. The molecule has 2 aliphatic carbocycles. The minimum atomic E-state index is 0.312. The van der Waals surface area contributed by atoms with Crippen molar-refractivity contribution in [2.45, 2.75) is 25.7 Å². The van der Waals surface area contributed by atoms with Crippen molar-refractivity contribution in [3.8, 4) is 22.3 Å². The number of allylic oxidation sites excluding steroid dienone is 1. The van der Waals surface area contributed by atoms with E-state index in [4.69, 9.17) is 11.6 Å². The Balaban J connectivity index is 1.54. The van der Waals surface area contributed by atoms with E-state index in [1.807, 2.05) is 12.1 Å². The molecule has 150 valence electrons. The summed E-state index contributed by atoms with van der Waals surface area (Å²) in [5, 5.41) is 0.807. The molecule has 0 bridgehead atoms. The van der Waals surface area contributed by atoms with Crippen molar-refractivity contribution >= 4 is 17.7 Å². The fraction of sp³-hybridized carbons (Fsp3) is 0.133. The van der Waals surface area contributed by atoms with Crippen LogP contribution in [0.25, 0.3) is 28.3 Å². The van der Waals surface area contributed by atoms with Crippen LogP contribution in [0.15, 0.2) is 90.5 Å². The van der Waals surface area contributed by atoms with Crippen LogP contribution in [-0.4, -0.2) is 0 Å². The van der Waals surface area contributed by atoms with E-state index in [1.54, 1.807) is 0 Å². The highest BCUT2D eigenvalue weighted by Crippen LogP contribution is 2.50. The molecule has 0 amide bonds. The van der Waals surface area contributed by atoms with Crippen LogP contribution in [0, 0.1) is 0 Å². The summed E-state index contributed by atoms with van der Waals surface area (Å²) in [7, 11) is 0. The van der Waals surface area contributed by atoms with Gasteiger partial charge in [0.25, 0.3) is 0 Å². The summed E-state index contributed by atoms with van der Waals surface area (Å²) in [5.41, 5.74) is 13.7. The van der Waals surface area contributed by atoms with Gasteiger partial charge >= 0.3 is 0 Å². The summed E-state index contributed by atoms with van der Waals surface area (Å²) >= 11 is 6.59. The molecule has 0 saturated carbocycles. The molecule has 0 N–H and O–H groups in total. The molecule has 4 aromatic rings. The van der Waals surface area contributed by atoms with Crippen LogP contribution in [-0.2, 0) is 6.42 Å². The lowest BCUT2D eigenvalue weighted by Gasteiger charge is -2.21. The SMILES string of the molecule is CCC1=Cc2c(-c3ccccc3Cl)cccc2C1c1cccc2c1Cc1ccccc1-2. The topological polar surface area (TPSA) is 0 Å². The zero-order valence-corrected chi connectivity index (χ0v) is 18.3. The Hall–Kier alpha value is -3.09. The van der Waals surface area contributed by atoms with E-state index in [-0.39, 0.29) is 0 Å². The van der Waals surface area contributed by atoms with Crippen LogP contribution in [0.4, 0.5) is 0 Å². The molecule has 0 aromatic heterocycles. The van der Waals surface area contributed by atoms with Crippen LogP contribution in [0.1, 0.15) is 47.1 Å². The molecule has 0 nitrogen and oxygen atoms in total. The zero-order valence-electron chi connectivity index (χ0n) is 17.5. The molecular weight excluding hydrogens is 396 g/mol. The Bertz CT molecular complexity index is 1360. The summed E-state index contributed by atoms with van der Waals surface area (Å²) < 4.78 is 0. The van der Waals surface area contributed by atoms with Gasteiger partial charge in [-0.3, -0.25) is 0 Å². The minimum Gasteiger partial charge on any atom is -0.0837 e. The number of rotatable bonds is 3. The molecule has 0 spiro atoms. The van der Waals surface area contributed by atoms with Crippen LogP contribution >= 0.6 is 11.6 Å². The highest BCUT2D eigenvalue weighted by Gasteiger charge is 2.31. The van der Waals surface area contributed by atoms with E-state index in [0.29, 0.717) is 5.92 Å². The van der Waals surface area contributed by atoms with Gasteiger partial charge in [-0.15, -0.1) is 0 Å². The third-order valence-corrected chi connectivity index (χ3v) is 7.25. The number of fused-ring (bicyclic) bond motifs is 4. The quantitative estimate of drug-likeness (QED) is 0.275. The minimum absolute atomic E-state index is 0.312. The van der Waals surface area contributed by atoms with Crippen molar-refractivity contribution in [2.24, 2.45) is 0 Å². The van der Waals surface area contributed by atoms with Crippen LogP contribution in [0.5, 0.6) is 0 Å². The smallest absolute Gasteiger partial charge is 0.0484 e. The Kier molecular flexibility index (Phi) is 4.37. The van der Waals surface area contributed by atoms with Gasteiger partial charge in [0, 0.05) is 16.5 Å². The van der Waals surface area contributed by atoms with Gasteiger partial charge in [-0.25, -0.2) is 0 Å². The van der Waals surface area contributed by atoms with Crippen LogP contribution in [0.2, 0.25) is 5.02 Å². The van der Waals surface area contributed by atoms with Crippen molar-refractivity contribution in [1.82, 2.24) is 0 Å². The molecule has 31 heavy (non-hydrogen) atoms. The molecule has 0 fully saturated rings. The molecule has 0 radical (unpaired) electrons. The van der Waals surface area contributed by atoms with E-state index in [2.05, 4.69) is 85.8 Å². The molecule has 4 aromatic carbocycles. The highest BCUT2D eigenvalue weighted by molar-refractivity contribution is 6.33. The Morgan fingerprint density at radius 2 is 1.39 bits per heavy atom. The van der Waals surface area contributed by atoms with Crippen molar-refractivity contribution < 1.29 is 0 Å². The maximum Gasteiger partial charge on any atom is 0.0484 e. The maximum atomic E-state index is 6.59. The standard InChI is InChI=1S/C30H23Cl/c1-2-19-17-27-23(24-11-5-6-16-29(24)31)13-8-15-25(27)30(19)26-14-7-12-22-21-10-4-3-9-20(21)18-28(22)26/h3-17,30H,2,18H2,1H3.